The molecule has 1 spiro atoms. The zero-order valence-electron chi connectivity index (χ0n) is 18.6. The summed E-state index contributed by atoms with van der Waals surface area (Å²) in [5.41, 5.74) is 2.18. The summed E-state index contributed by atoms with van der Waals surface area (Å²) in [6.45, 7) is 3.88. The van der Waals surface area contributed by atoms with Crippen molar-refractivity contribution >= 4 is 16.9 Å². The Kier molecular flexibility index (Phi) is 5.31. The van der Waals surface area contributed by atoms with Crippen LogP contribution in [0.25, 0.3) is 11.0 Å². The maximum atomic E-state index is 5.94. The first-order valence-corrected chi connectivity index (χ1v) is 12.1. The first-order chi connectivity index (χ1) is 15.8. The fourth-order valence-electron chi connectivity index (χ4n) is 5.46. The van der Waals surface area contributed by atoms with E-state index < -0.39 is 0 Å². The van der Waals surface area contributed by atoms with Gasteiger partial charge < -0.3 is 14.4 Å². The number of ether oxygens (including phenoxy) is 2. The van der Waals surface area contributed by atoms with E-state index in [0.29, 0.717) is 19.1 Å². The first-order valence-electron chi connectivity index (χ1n) is 12.1. The van der Waals surface area contributed by atoms with Crippen LogP contribution in [0.1, 0.15) is 62.3 Å². The van der Waals surface area contributed by atoms with Gasteiger partial charge in [0.25, 0.3) is 0 Å². The molecule has 2 aliphatic heterocycles. The Morgan fingerprint density at radius 3 is 2.44 bits per heavy atom. The van der Waals surface area contributed by atoms with Crippen LogP contribution < -0.4 is 4.90 Å². The average Bonchev–Trinajstić information content (AvgIpc) is 3.48. The molecule has 3 aromatic rings. The molecular weight excluding hydrogens is 402 g/mol. The maximum absolute atomic E-state index is 5.94. The second-order valence-electron chi connectivity index (χ2n) is 9.36. The highest BCUT2D eigenvalue weighted by atomic mass is 16.7. The molecule has 32 heavy (non-hydrogen) atoms. The summed E-state index contributed by atoms with van der Waals surface area (Å²) in [5, 5.41) is 5.79. The molecule has 1 saturated carbocycles. The van der Waals surface area contributed by atoms with Crippen molar-refractivity contribution in [2.45, 2.75) is 63.2 Å². The van der Waals surface area contributed by atoms with E-state index in [0.717, 1.165) is 55.2 Å². The molecule has 1 aromatic carbocycles. The lowest BCUT2D eigenvalue weighted by Crippen LogP contribution is -2.45. The third-order valence-corrected chi connectivity index (χ3v) is 7.28. The second-order valence-corrected chi connectivity index (χ2v) is 9.36. The van der Waals surface area contributed by atoms with E-state index in [4.69, 9.17) is 24.5 Å². The van der Waals surface area contributed by atoms with E-state index in [2.05, 4.69) is 29.2 Å². The van der Waals surface area contributed by atoms with Crippen LogP contribution in [-0.2, 0) is 16.0 Å². The Balaban J connectivity index is 1.36. The van der Waals surface area contributed by atoms with E-state index in [-0.39, 0.29) is 5.79 Å². The highest BCUT2D eigenvalue weighted by Gasteiger charge is 2.40. The molecule has 7 nitrogen and oxygen atoms in total. The summed E-state index contributed by atoms with van der Waals surface area (Å²) in [7, 11) is 0. The highest BCUT2D eigenvalue weighted by molar-refractivity contribution is 5.87. The lowest BCUT2D eigenvalue weighted by atomic mass is 9.88. The monoisotopic (exact) mass is 433 g/mol. The Hall–Kier alpha value is -2.51. The number of anilines is 1. The molecule has 0 amide bonds. The maximum Gasteiger partial charge on any atom is 0.171 e. The van der Waals surface area contributed by atoms with Crippen LogP contribution in [0.3, 0.4) is 0 Å². The zero-order chi connectivity index (χ0) is 21.4. The summed E-state index contributed by atoms with van der Waals surface area (Å²) < 4.78 is 13.9. The predicted octanol–water partition coefficient (Wildman–Crippen LogP) is 4.27. The van der Waals surface area contributed by atoms with E-state index in [1.54, 1.807) is 0 Å². The number of benzene rings is 1. The fraction of sp³-hybridized carbons (Fsp3) is 0.560. The lowest BCUT2D eigenvalue weighted by molar-refractivity contribution is -0.169. The van der Waals surface area contributed by atoms with Crippen LogP contribution >= 0.6 is 0 Å². The van der Waals surface area contributed by atoms with Crippen molar-refractivity contribution in [1.29, 1.82) is 0 Å². The normalized spacial score (nSPS) is 21.6. The van der Waals surface area contributed by atoms with Gasteiger partial charge in [0.2, 0.25) is 0 Å². The highest BCUT2D eigenvalue weighted by Crippen LogP contribution is 2.37. The van der Waals surface area contributed by atoms with Crippen molar-refractivity contribution < 1.29 is 9.47 Å². The number of nitrogens with zero attached hydrogens (tertiary/aromatic N) is 5. The molecule has 2 aromatic heterocycles. The van der Waals surface area contributed by atoms with Crippen molar-refractivity contribution in [3.63, 3.8) is 0 Å². The van der Waals surface area contributed by atoms with Crippen LogP contribution in [-0.4, -0.2) is 51.8 Å². The molecule has 7 heteroatoms. The Bertz CT molecular complexity index is 1060. The van der Waals surface area contributed by atoms with Gasteiger partial charge in [0.05, 0.1) is 31.3 Å². The summed E-state index contributed by atoms with van der Waals surface area (Å²) >= 11 is 0. The SMILES string of the molecule is c1ccc(Cn2ncc3c(N4CCC5(CC4)OCCO5)nc(C4CCCCC4)nc32)cc1. The van der Waals surface area contributed by atoms with Gasteiger partial charge in [-0.05, 0) is 18.4 Å². The quantitative estimate of drug-likeness (QED) is 0.612. The van der Waals surface area contributed by atoms with Crippen LogP contribution in [0.4, 0.5) is 5.82 Å². The Morgan fingerprint density at radius 1 is 0.938 bits per heavy atom. The molecule has 6 rings (SSSR count). The number of hydrogen-bond acceptors (Lipinski definition) is 6. The van der Waals surface area contributed by atoms with Crippen molar-refractivity contribution in [3.8, 4) is 0 Å². The van der Waals surface area contributed by atoms with Crippen LogP contribution in [0, 0.1) is 0 Å². The van der Waals surface area contributed by atoms with E-state index in [1.165, 1.54) is 37.7 Å². The van der Waals surface area contributed by atoms with Crippen molar-refractivity contribution in [1.82, 2.24) is 19.7 Å². The zero-order valence-corrected chi connectivity index (χ0v) is 18.6. The van der Waals surface area contributed by atoms with E-state index >= 15 is 0 Å². The fourth-order valence-corrected chi connectivity index (χ4v) is 5.46. The third kappa shape index (κ3) is 3.77. The Morgan fingerprint density at radius 2 is 1.69 bits per heavy atom. The number of fused-ring (bicyclic) bond motifs is 1. The molecule has 0 bridgehead atoms. The molecule has 0 atom stereocenters. The number of aromatic nitrogens is 4. The third-order valence-electron chi connectivity index (χ3n) is 7.28. The minimum absolute atomic E-state index is 0.383. The lowest BCUT2D eigenvalue weighted by Gasteiger charge is -2.38. The summed E-state index contributed by atoms with van der Waals surface area (Å²) in [5.74, 6) is 2.09. The van der Waals surface area contributed by atoms with Crippen LogP contribution in [0.15, 0.2) is 36.5 Å². The predicted molar refractivity (Wildman–Crippen MR) is 123 cm³/mol. The van der Waals surface area contributed by atoms with Gasteiger partial charge in [-0.25, -0.2) is 14.6 Å². The number of rotatable bonds is 4. The van der Waals surface area contributed by atoms with Crippen molar-refractivity contribution in [3.05, 3.63) is 47.9 Å². The molecule has 0 N–H and O–H groups in total. The summed E-state index contributed by atoms with van der Waals surface area (Å²) in [4.78, 5) is 12.6. The second kappa shape index (κ2) is 8.45. The molecule has 3 fully saturated rings. The van der Waals surface area contributed by atoms with Gasteiger partial charge >= 0.3 is 0 Å². The minimum atomic E-state index is -0.383. The smallest absolute Gasteiger partial charge is 0.171 e. The van der Waals surface area contributed by atoms with Gasteiger partial charge in [-0.3, -0.25) is 0 Å². The summed E-state index contributed by atoms with van der Waals surface area (Å²) in [6, 6.07) is 10.5. The van der Waals surface area contributed by atoms with E-state index in [9.17, 15) is 0 Å². The summed E-state index contributed by atoms with van der Waals surface area (Å²) in [6.07, 6.45) is 9.92. The molecule has 2 saturated heterocycles. The van der Waals surface area contributed by atoms with Crippen molar-refractivity contribution in [2.75, 3.05) is 31.2 Å². The van der Waals surface area contributed by atoms with Gasteiger partial charge in [0.1, 0.15) is 11.6 Å². The molecule has 3 aliphatic rings. The topological polar surface area (TPSA) is 65.3 Å². The first kappa shape index (κ1) is 20.1. The van der Waals surface area contributed by atoms with Gasteiger partial charge in [-0.1, -0.05) is 49.6 Å². The van der Waals surface area contributed by atoms with Gasteiger partial charge in [-0.15, -0.1) is 0 Å². The molecular formula is C25H31N5O2. The van der Waals surface area contributed by atoms with E-state index in [1.807, 2.05) is 16.9 Å². The minimum Gasteiger partial charge on any atom is -0.355 e. The van der Waals surface area contributed by atoms with Crippen molar-refractivity contribution in [2.24, 2.45) is 0 Å². The van der Waals surface area contributed by atoms with Gasteiger partial charge in [-0.2, -0.15) is 5.10 Å². The molecule has 1 aliphatic carbocycles. The number of piperidine rings is 1. The van der Waals surface area contributed by atoms with Crippen LogP contribution in [0.5, 0.6) is 0 Å². The largest absolute Gasteiger partial charge is 0.355 e. The molecule has 0 radical (unpaired) electrons. The molecule has 4 heterocycles. The Labute approximate surface area is 188 Å². The van der Waals surface area contributed by atoms with Crippen LogP contribution in [0.2, 0.25) is 0 Å². The molecule has 168 valence electrons. The average molecular weight is 434 g/mol. The van der Waals surface area contributed by atoms with Gasteiger partial charge in [0.15, 0.2) is 11.4 Å². The van der Waals surface area contributed by atoms with Gasteiger partial charge in [0, 0.05) is 31.8 Å². The number of hydrogen-bond donors (Lipinski definition) is 0. The standard InChI is InChI=1S/C25H31N5O2/c1-3-7-19(8-4-1)18-30-24-21(17-26-30)23(27-22(28-24)20-9-5-2-6-10-20)29-13-11-25(12-14-29)31-15-16-32-25/h1,3-4,7-8,17,20H,2,5-6,9-16,18H2. The molecule has 0 unspecified atom stereocenters.